The zero-order valence-corrected chi connectivity index (χ0v) is 11.5. The molecule has 21 heavy (non-hydrogen) atoms. The van der Waals surface area contributed by atoms with E-state index in [4.69, 9.17) is 0 Å². The van der Waals surface area contributed by atoms with Gasteiger partial charge in [0.25, 0.3) is 5.56 Å². The van der Waals surface area contributed by atoms with Crippen LogP contribution in [0.1, 0.15) is 5.69 Å². The minimum absolute atomic E-state index is 0.141. The molecule has 0 saturated heterocycles. The number of aromatic nitrogens is 3. The van der Waals surface area contributed by atoms with E-state index in [9.17, 15) is 9.59 Å². The third-order valence-electron chi connectivity index (χ3n) is 3.28. The highest BCUT2D eigenvalue weighted by molar-refractivity contribution is 5.94. The normalized spacial score (nSPS) is 10.7. The first-order chi connectivity index (χ1) is 10.1. The van der Waals surface area contributed by atoms with Crippen molar-refractivity contribution in [2.24, 2.45) is 0 Å². The molecule has 0 atom stereocenters. The zero-order chi connectivity index (χ0) is 14.8. The number of pyridine rings is 1. The lowest BCUT2D eigenvalue weighted by molar-refractivity contribution is -0.116. The molecule has 1 aromatic carbocycles. The van der Waals surface area contributed by atoms with E-state index in [0.29, 0.717) is 11.1 Å². The summed E-state index contributed by atoms with van der Waals surface area (Å²) in [5.41, 5.74) is 1.44. The minimum atomic E-state index is -0.161. The maximum Gasteiger partial charge on any atom is 0.255 e. The number of fused-ring (bicyclic) bond motifs is 1. The van der Waals surface area contributed by atoms with Gasteiger partial charge in [0.15, 0.2) is 0 Å². The van der Waals surface area contributed by atoms with Crippen molar-refractivity contribution in [2.45, 2.75) is 13.5 Å². The first kappa shape index (κ1) is 13.1. The van der Waals surface area contributed by atoms with Crippen LogP contribution >= 0.6 is 0 Å². The highest BCUT2D eigenvalue weighted by atomic mass is 16.2. The first-order valence-corrected chi connectivity index (χ1v) is 6.53. The standard InChI is InChI=1S/C15H14N4O2/c1-10-4-7-17-19(10)9-14(20)18-12-2-3-13-11(8-12)5-6-16-15(13)21/h2-8H,9H2,1H3,(H,16,21)(H,18,20). The molecule has 0 bridgehead atoms. The van der Waals surface area contributed by atoms with E-state index in [1.54, 1.807) is 41.3 Å². The molecule has 0 fully saturated rings. The lowest BCUT2D eigenvalue weighted by atomic mass is 10.1. The summed E-state index contributed by atoms with van der Waals surface area (Å²) >= 11 is 0. The number of nitrogens with zero attached hydrogens (tertiary/aromatic N) is 2. The number of amides is 1. The van der Waals surface area contributed by atoms with Crippen molar-refractivity contribution in [2.75, 3.05) is 5.32 Å². The Hall–Kier alpha value is -2.89. The van der Waals surface area contributed by atoms with Gasteiger partial charge in [-0.1, -0.05) is 0 Å². The van der Waals surface area contributed by atoms with Crippen molar-refractivity contribution in [1.29, 1.82) is 0 Å². The van der Waals surface area contributed by atoms with E-state index in [2.05, 4.69) is 15.4 Å². The second-order valence-corrected chi connectivity index (χ2v) is 4.79. The lowest BCUT2D eigenvalue weighted by Gasteiger charge is -2.07. The molecular weight excluding hydrogens is 268 g/mol. The second-order valence-electron chi connectivity index (χ2n) is 4.79. The van der Waals surface area contributed by atoms with Gasteiger partial charge in [-0.05, 0) is 42.6 Å². The fourth-order valence-electron chi connectivity index (χ4n) is 2.17. The summed E-state index contributed by atoms with van der Waals surface area (Å²) in [7, 11) is 0. The molecule has 0 radical (unpaired) electrons. The molecule has 106 valence electrons. The number of carbonyl (C=O) groups excluding carboxylic acids is 1. The number of hydrogen-bond donors (Lipinski definition) is 2. The van der Waals surface area contributed by atoms with Crippen LogP contribution in [-0.2, 0) is 11.3 Å². The van der Waals surface area contributed by atoms with Crippen LogP contribution in [0.3, 0.4) is 0 Å². The summed E-state index contributed by atoms with van der Waals surface area (Å²) < 4.78 is 1.63. The van der Waals surface area contributed by atoms with Crippen molar-refractivity contribution in [3.8, 4) is 0 Å². The number of aromatic amines is 1. The fraction of sp³-hybridized carbons (Fsp3) is 0.133. The fourth-order valence-corrected chi connectivity index (χ4v) is 2.17. The maximum absolute atomic E-state index is 12.0. The summed E-state index contributed by atoms with van der Waals surface area (Å²) in [6.07, 6.45) is 3.24. The molecule has 0 saturated carbocycles. The smallest absolute Gasteiger partial charge is 0.255 e. The molecule has 1 amide bonds. The van der Waals surface area contributed by atoms with Crippen LogP contribution < -0.4 is 10.9 Å². The number of aryl methyl sites for hydroxylation is 1. The Labute approximate surface area is 120 Å². The highest BCUT2D eigenvalue weighted by Crippen LogP contribution is 2.15. The van der Waals surface area contributed by atoms with Crippen molar-refractivity contribution in [3.05, 3.63) is 58.8 Å². The number of hydrogen-bond acceptors (Lipinski definition) is 3. The Morgan fingerprint density at radius 3 is 2.95 bits per heavy atom. The molecule has 3 aromatic rings. The molecular formula is C15H14N4O2. The number of carbonyl (C=O) groups is 1. The molecule has 0 aliphatic carbocycles. The van der Waals surface area contributed by atoms with Crippen molar-refractivity contribution < 1.29 is 4.79 Å². The van der Waals surface area contributed by atoms with Crippen LogP contribution in [0.5, 0.6) is 0 Å². The van der Waals surface area contributed by atoms with Gasteiger partial charge in [-0.2, -0.15) is 5.10 Å². The van der Waals surface area contributed by atoms with E-state index >= 15 is 0 Å². The van der Waals surface area contributed by atoms with Gasteiger partial charge >= 0.3 is 0 Å². The summed E-state index contributed by atoms with van der Waals surface area (Å²) in [6.45, 7) is 2.05. The average molecular weight is 282 g/mol. The van der Waals surface area contributed by atoms with Gasteiger partial charge in [0.1, 0.15) is 6.54 Å². The maximum atomic E-state index is 12.0. The van der Waals surface area contributed by atoms with Crippen LogP contribution in [0.4, 0.5) is 5.69 Å². The molecule has 3 rings (SSSR count). The van der Waals surface area contributed by atoms with E-state index in [0.717, 1.165) is 11.1 Å². The Morgan fingerprint density at radius 2 is 2.19 bits per heavy atom. The Morgan fingerprint density at radius 1 is 1.33 bits per heavy atom. The molecule has 0 aliphatic heterocycles. The average Bonchev–Trinajstić information content (AvgIpc) is 2.84. The SMILES string of the molecule is Cc1ccnn1CC(=O)Nc1ccc2c(=O)[nH]ccc2c1. The summed E-state index contributed by atoms with van der Waals surface area (Å²) in [6, 6.07) is 8.83. The third kappa shape index (κ3) is 2.69. The van der Waals surface area contributed by atoms with Crippen molar-refractivity contribution in [1.82, 2.24) is 14.8 Å². The van der Waals surface area contributed by atoms with E-state index in [1.165, 1.54) is 0 Å². The summed E-state index contributed by atoms with van der Waals surface area (Å²) in [5.74, 6) is -0.161. The van der Waals surface area contributed by atoms with Gasteiger partial charge in [0.2, 0.25) is 5.91 Å². The van der Waals surface area contributed by atoms with Gasteiger partial charge in [0.05, 0.1) is 0 Å². The number of nitrogens with one attached hydrogen (secondary N) is 2. The molecule has 2 aromatic heterocycles. The van der Waals surface area contributed by atoms with Gasteiger partial charge in [0, 0.05) is 29.2 Å². The molecule has 6 heteroatoms. The van der Waals surface area contributed by atoms with Crippen LogP contribution in [-0.4, -0.2) is 20.7 Å². The quantitative estimate of drug-likeness (QED) is 0.767. The minimum Gasteiger partial charge on any atom is -0.329 e. The third-order valence-corrected chi connectivity index (χ3v) is 3.28. The second kappa shape index (κ2) is 5.24. The number of anilines is 1. The Bertz CT molecular complexity index is 863. The molecule has 2 N–H and O–H groups in total. The van der Waals surface area contributed by atoms with Crippen LogP contribution in [0, 0.1) is 6.92 Å². The van der Waals surface area contributed by atoms with Crippen molar-refractivity contribution in [3.63, 3.8) is 0 Å². The predicted molar refractivity (Wildman–Crippen MR) is 80.2 cm³/mol. The monoisotopic (exact) mass is 282 g/mol. The van der Waals surface area contributed by atoms with Crippen LogP contribution in [0.2, 0.25) is 0 Å². The summed E-state index contributed by atoms with van der Waals surface area (Å²) in [5, 5.41) is 8.26. The molecule has 6 nitrogen and oxygen atoms in total. The van der Waals surface area contributed by atoms with Gasteiger partial charge < -0.3 is 10.3 Å². The Kier molecular flexibility index (Phi) is 3.27. The largest absolute Gasteiger partial charge is 0.329 e. The number of rotatable bonds is 3. The first-order valence-electron chi connectivity index (χ1n) is 6.53. The molecule has 0 aliphatic rings. The lowest BCUT2D eigenvalue weighted by Crippen LogP contribution is -2.20. The predicted octanol–water partition coefficient (Wildman–Crippen LogP) is 1.67. The molecule has 2 heterocycles. The number of benzene rings is 1. The topological polar surface area (TPSA) is 79.8 Å². The summed E-state index contributed by atoms with van der Waals surface area (Å²) in [4.78, 5) is 26.2. The van der Waals surface area contributed by atoms with Crippen LogP contribution in [0.15, 0.2) is 47.5 Å². The van der Waals surface area contributed by atoms with Gasteiger partial charge in [-0.3, -0.25) is 14.3 Å². The molecule has 0 unspecified atom stereocenters. The zero-order valence-electron chi connectivity index (χ0n) is 11.5. The molecule has 0 spiro atoms. The number of H-pyrrole nitrogens is 1. The Balaban J connectivity index is 1.80. The highest BCUT2D eigenvalue weighted by Gasteiger charge is 2.07. The van der Waals surface area contributed by atoms with E-state index in [-0.39, 0.29) is 18.0 Å². The van der Waals surface area contributed by atoms with E-state index in [1.807, 2.05) is 13.0 Å². The van der Waals surface area contributed by atoms with Gasteiger partial charge in [-0.25, -0.2) is 0 Å². The van der Waals surface area contributed by atoms with Crippen LogP contribution in [0.25, 0.3) is 10.8 Å². The van der Waals surface area contributed by atoms with Gasteiger partial charge in [-0.15, -0.1) is 0 Å². The van der Waals surface area contributed by atoms with Crippen molar-refractivity contribution >= 4 is 22.4 Å². The van der Waals surface area contributed by atoms with E-state index < -0.39 is 0 Å².